The van der Waals surface area contributed by atoms with E-state index in [1.807, 2.05) is 6.92 Å². The normalized spacial score (nSPS) is 13.8. The first-order valence-corrected chi connectivity index (χ1v) is 10.3. The SMILES string of the molecule is CCc1nnc(NC(=O)Cn2c(C)nc3sc4c(c3c2=O)CCCC4)s1. The molecule has 1 aliphatic carbocycles. The summed E-state index contributed by atoms with van der Waals surface area (Å²) in [5.41, 5.74) is 1.02. The molecule has 3 heterocycles. The van der Waals surface area contributed by atoms with E-state index in [-0.39, 0.29) is 18.0 Å². The highest BCUT2D eigenvalue weighted by atomic mass is 32.1. The number of nitrogens with zero attached hydrogens (tertiary/aromatic N) is 4. The van der Waals surface area contributed by atoms with Gasteiger partial charge in [0.15, 0.2) is 0 Å². The minimum Gasteiger partial charge on any atom is -0.299 e. The fourth-order valence-corrected chi connectivity index (χ4v) is 5.27. The number of fused-ring (bicyclic) bond motifs is 3. The van der Waals surface area contributed by atoms with Crippen LogP contribution in [0.25, 0.3) is 10.2 Å². The number of carbonyl (C=O) groups excluding carboxylic acids is 1. The van der Waals surface area contributed by atoms with Crippen LogP contribution >= 0.6 is 22.7 Å². The zero-order chi connectivity index (χ0) is 18.3. The summed E-state index contributed by atoms with van der Waals surface area (Å²) < 4.78 is 1.46. The third-order valence-corrected chi connectivity index (χ3v) is 6.75. The lowest BCUT2D eigenvalue weighted by atomic mass is 9.97. The Morgan fingerprint density at radius 3 is 2.81 bits per heavy atom. The van der Waals surface area contributed by atoms with Crippen molar-refractivity contribution in [2.24, 2.45) is 0 Å². The van der Waals surface area contributed by atoms with Crippen LogP contribution in [-0.2, 0) is 30.6 Å². The first-order chi connectivity index (χ1) is 12.6. The second-order valence-electron chi connectivity index (χ2n) is 6.34. The second-order valence-corrected chi connectivity index (χ2v) is 8.49. The Balaban J connectivity index is 1.65. The fraction of sp³-hybridized carbons (Fsp3) is 0.471. The van der Waals surface area contributed by atoms with Gasteiger partial charge in [-0.3, -0.25) is 19.5 Å². The van der Waals surface area contributed by atoms with E-state index in [2.05, 4.69) is 20.5 Å². The number of aromatic nitrogens is 4. The molecule has 0 saturated heterocycles. The highest BCUT2D eigenvalue weighted by Gasteiger charge is 2.22. The molecule has 3 aromatic rings. The molecule has 136 valence electrons. The van der Waals surface area contributed by atoms with Crippen LogP contribution in [0.3, 0.4) is 0 Å². The van der Waals surface area contributed by atoms with Crippen molar-refractivity contribution in [2.45, 2.75) is 52.5 Å². The van der Waals surface area contributed by atoms with Crippen LogP contribution in [-0.4, -0.2) is 25.7 Å². The van der Waals surface area contributed by atoms with Gasteiger partial charge in [0.25, 0.3) is 5.56 Å². The van der Waals surface area contributed by atoms with Gasteiger partial charge < -0.3 is 0 Å². The monoisotopic (exact) mass is 389 g/mol. The van der Waals surface area contributed by atoms with Crippen LogP contribution in [0.1, 0.15) is 41.0 Å². The summed E-state index contributed by atoms with van der Waals surface area (Å²) in [6.45, 7) is 3.68. The van der Waals surface area contributed by atoms with Gasteiger partial charge in [0.2, 0.25) is 11.0 Å². The van der Waals surface area contributed by atoms with Crippen molar-refractivity contribution in [3.8, 4) is 0 Å². The van der Waals surface area contributed by atoms with Crippen molar-refractivity contribution in [3.05, 3.63) is 31.6 Å². The molecule has 0 bridgehead atoms. The summed E-state index contributed by atoms with van der Waals surface area (Å²) in [6, 6.07) is 0. The van der Waals surface area contributed by atoms with E-state index in [1.54, 1.807) is 18.3 Å². The third-order valence-electron chi connectivity index (χ3n) is 4.58. The minimum absolute atomic E-state index is 0.0702. The second kappa shape index (κ2) is 6.88. The minimum atomic E-state index is -0.292. The Hall–Kier alpha value is -2.13. The van der Waals surface area contributed by atoms with Gasteiger partial charge in [0, 0.05) is 4.88 Å². The van der Waals surface area contributed by atoms with E-state index in [0.717, 1.165) is 47.5 Å². The molecule has 26 heavy (non-hydrogen) atoms. The Morgan fingerprint density at radius 2 is 2.04 bits per heavy atom. The molecule has 1 N–H and O–H groups in total. The molecule has 4 rings (SSSR count). The number of aryl methyl sites for hydroxylation is 4. The Labute approximate surface area is 158 Å². The maximum Gasteiger partial charge on any atom is 0.263 e. The van der Waals surface area contributed by atoms with Crippen LogP contribution in [0, 0.1) is 6.92 Å². The Kier molecular flexibility index (Phi) is 4.58. The van der Waals surface area contributed by atoms with Crippen LogP contribution in [0.4, 0.5) is 5.13 Å². The predicted molar refractivity (Wildman–Crippen MR) is 103 cm³/mol. The lowest BCUT2D eigenvalue weighted by Gasteiger charge is -2.11. The molecule has 7 nitrogen and oxygen atoms in total. The molecule has 0 aromatic carbocycles. The van der Waals surface area contributed by atoms with E-state index in [9.17, 15) is 9.59 Å². The first kappa shape index (κ1) is 17.3. The van der Waals surface area contributed by atoms with E-state index < -0.39 is 0 Å². The van der Waals surface area contributed by atoms with Crippen LogP contribution in [0.15, 0.2) is 4.79 Å². The Morgan fingerprint density at radius 1 is 1.23 bits per heavy atom. The molecule has 0 spiro atoms. The highest BCUT2D eigenvalue weighted by molar-refractivity contribution is 7.18. The number of hydrogen-bond donors (Lipinski definition) is 1. The average Bonchev–Trinajstić information content (AvgIpc) is 3.22. The number of rotatable bonds is 4. The van der Waals surface area contributed by atoms with Gasteiger partial charge in [-0.1, -0.05) is 18.3 Å². The van der Waals surface area contributed by atoms with Gasteiger partial charge in [-0.05, 0) is 44.6 Å². The van der Waals surface area contributed by atoms with Crippen LogP contribution in [0.5, 0.6) is 0 Å². The standard InChI is InChI=1S/C17H19N5O2S2/c1-3-13-20-21-17(26-13)19-12(23)8-22-9(2)18-15-14(16(22)24)10-6-4-5-7-11(10)25-15/h3-8H2,1-2H3,(H,19,21,23). The third kappa shape index (κ3) is 3.05. The van der Waals surface area contributed by atoms with Gasteiger partial charge in [-0.15, -0.1) is 21.5 Å². The zero-order valence-corrected chi connectivity index (χ0v) is 16.3. The van der Waals surface area contributed by atoms with Gasteiger partial charge >= 0.3 is 0 Å². The maximum atomic E-state index is 13.0. The number of anilines is 1. The molecule has 1 aliphatic rings. The number of carbonyl (C=O) groups is 1. The highest BCUT2D eigenvalue weighted by Crippen LogP contribution is 2.33. The summed E-state index contributed by atoms with van der Waals surface area (Å²) in [7, 11) is 0. The molecule has 9 heteroatoms. The number of hydrogen-bond acceptors (Lipinski definition) is 7. The predicted octanol–water partition coefficient (Wildman–Crippen LogP) is 2.70. The molecule has 0 atom stereocenters. The molecule has 0 unspecified atom stereocenters. The van der Waals surface area contributed by atoms with Crippen molar-refractivity contribution in [1.29, 1.82) is 0 Å². The van der Waals surface area contributed by atoms with Gasteiger partial charge in [-0.2, -0.15) is 0 Å². The van der Waals surface area contributed by atoms with Gasteiger partial charge in [0.05, 0.1) is 5.39 Å². The number of thiophene rings is 1. The Bertz CT molecular complexity index is 1050. The van der Waals surface area contributed by atoms with Crippen LogP contribution < -0.4 is 10.9 Å². The molecule has 0 saturated carbocycles. The molecular weight excluding hydrogens is 370 g/mol. The smallest absolute Gasteiger partial charge is 0.263 e. The molecule has 1 amide bonds. The van der Waals surface area contributed by atoms with Crippen molar-refractivity contribution in [2.75, 3.05) is 5.32 Å². The summed E-state index contributed by atoms with van der Waals surface area (Å²) >= 11 is 2.97. The lowest BCUT2D eigenvalue weighted by molar-refractivity contribution is -0.116. The quantitative estimate of drug-likeness (QED) is 0.741. The summed E-state index contributed by atoms with van der Waals surface area (Å²) in [4.78, 5) is 32.1. The van der Waals surface area contributed by atoms with Gasteiger partial charge in [0.1, 0.15) is 22.2 Å². The van der Waals surface area contributed by atoms with Gasteiger partial charge in [-0.25, -0.2) is 4.98 Å². The maximum absolute atomic E-state index is 13.0. The van der Waals surface area contributed by atoms with E-state index >= 15 is 0 Å². The molecule has 0 aliphatic heterocycles. The van der Waals surface area contributed by atoms with Crippen molar-refractivity contribution in [1.82, 2.24) is 19.7 Å². The average molecular weight is 390 g/mol. The number of nitrogens with one attached hydrogen (secondary N) is 1. The van der Waals surface area contributed by atoms with E-state index in [4.69, 9.17) is 0 Å². The summed E-state index contributed by atoms with van der Waals surface area (Å²) in [6.07, 6.45) is 4.98. The molecule has 0 fully saturated rings. The van der Waals surface area contributed by atoms with Crippen molar-refractivity contribution < 1.29 is 4.79 Å². The fourth-order valence-electron chi connectivity index (χ4n) is 3.28. The largest absolute Gasteiger partial charge is 0.299 e. The van der Waals surface area contributed by atoms with Crippen molar-refractivity contribution in [3.63, 3.8) is 0 Å². The van der Waals surface area contributed by atoms with E-state index in [0.29, 0.717) is 16.3 Å². The first-order valence-electron chi connectivity index (χ1n) is 8.70. The van der Waals surface area contributed by atoms with Crippen molar-refractivity contribution >= 4 is 43.9 Å². The summed E-state index contributed by atoms with van der Waals surface area (Å²) in [5, 5.41) is 12.7. The van der Waals surface area contributed by atoms with E-state index in [1.165, 1.54) is 20.8 Å². The number of amides is 1. The zero-order valence-electron chi connectivity index (χ0n) is 14.7. The lowest BCUT2D eigenvalue weighted by Crippen LogP contribution is -2.30. The molecule has 0 radical (unpaired) electrons. The topological polar surface area (TPSA) is 89.8 Å². The molecular formula is C17H19N5O2S2. The van der Waals surface area contributed by atoms with Crippen LogP contribution in [0.2, 0.25) is 0 Å². The molecule has 3 aromatic heterocycles. The summed E-state index contributed by atoms with van der Waals surface area (Å²) in [5.74, 6) is 0.266.